The molecule has 2 aromatic carbocycles. The monoisotopic (exact) mass is 543 g/mol. The summed E-state index contributed by atoms with van der Waals surface area (Å²) in [7, 11) is 1.74. The summed E-state index contributed by atoms with van der Waals surface area (Å²) >= 11 is 1.37. The van der Waals surface area contributed by atoms with Crippen molar-refractivity contribution in [3.8, 4) is 11.3 Å². The lowest BCUT2D eigenvalue weighted by molar-refractivity contribution is -0.137. The summed E-state index contributed by atoms with van der Waals surface area (Å²) in [6.07, 6.45) is 0.325. The van der Waals surface area contributed by atoms with Gasteiger partial charge in [0.15, 0.2) is 5.13 Å². The second-order valence-corrected chi connectivity index (χ2v) is 10.3. The van der Waals surface area contributed by atoms with Crippen LogP contribution in [0, 0.1) is 5.82 Å². The maximum Gasteiger partial charge on any atom is 0.416 e. The number of allylic oxidation sites excluding steroid dienone is 2. The highest BCUT2D eigenvalue weighted by atomic mass is 32.1. The molecule has 5 rings (SSSR count). The lowest BCUT2D eigenvalue weighted by atomic mass is 9.95. The van der Waals surface area contributed by atoms with Gasteiger partial charge in [-0.1, -0.05) is 41.7 Å². The highest BCUT2D eigenvalue weighted by molar-refractivity contribution is 7.17. The fourth-order valence-corrected chi connectivity index (χ4v) is 5.57. The smallest absolute Gasteiger partial charge is 0.360 e. The fraction of sp³-hybridized carbons (Fsp3) is 0.259. The number of nitrogens with one attached hydrogen (secondary N) is 2. The van der Waals surface area contributed by atoms with Gasteiger partial charge in [0.1, 0.15) is 5.82 Å². The Kier molecular flexibility index (Phi) is 6.97. The van der Waals surface area contributed by atoms with Gasteiger partial charge in [-0.05, 0) is 47.9 Å². The number of hydrogen-bond acceptors (Lipinski definition) is 5. The van der Waals surface area contributed by atoms with Gasteiger partial charge in [-0.3, -0.25) is 0 Å². The van der Waals surface area contributed by atoms with Crippen LogP contribution in [0.3, 0.4) is 0 Å². The number of nitrogens with two attached hydrogens (primary N) is 1. The Morgan fingerprint density at radius 2 is 1.92 bits per heavy atom. The van der Waals surface area contributed by atoms with E-state index in [2.05, 4.69) is 15.6 Å². The number of rotatable bonds is 7. The van der Waals surface area contributed by atoms with Crippen LogP contribution in [0.1, 0.15) is 22.4 Å². The van der Waals surface area contributed by atoms with Crippen molar-refractivity contribution in [2.24, 2.45) is 5.73 Å². The highest BCUT2D eigenvalue weighted by Crippen LogP contribution is 2.41. The average Bonchev–Trinajstić information content (AvgIpc) is 3.43. The summed E-state index contributed by atoms with van der Waals surface area (Å²) in [5.41, 5.74) is 8.86. The molecule has 1 aliphatic heterocycles. The summed E-state index contributed by atoms with van der Waals surface area (Å²) in [6, 6.07) is 10.7. The topological polar surface area (TPSA) is 83.3 Å². The predicted octanol–water partition coefficient (Wildman–Crippen LogP) is 5.64. The van der Waals surface area contributed by atoms with Gasteiger partial charge >= 0.3 is 12.2 Å². The van der Waals surface area contributed by atoms with Gasteiger partial charge in [0.2, 0.25) is 0 Å². The van der Waals surface area contributed by atoms with Gasteiger partial charge in [0.05, 0.1) is 22.2 Å². The van der Waals surface area contributed by atoms with E-state index in [1.165, 1.54) is 29.5 Å². The molecule has 4 N–H and O–H groups in total. The first kappa shape index (κ1) is 25.9. The number of anilines is 1. The lowest BCUT2D eigenvalue weighted by Crippen LogP contribution is -2.31. The first-order valence-corrected chi connectivity index (χ1v) is 12.8. The van der Waals surface area contributed by atoms with Crippen molar-refractivity contribution in [1.82, 2.24) is 15.2 Å². The minimum absolute atomic E-state index is 0.133. The number of aromatic nitrogens is 1. The number of likely N-dealkylation sites (N-methyl/N-ethyl adjacent to an activating group) is 1. The van der Waals surface area contributed by atoms with Crippen molar-refractivity contribution in [2.45, 2.75) is 31.1 Å². The van der Waals surface area contributed by atoms with Crippen molar-refractivity contribution < 1.29 is 22.4 Å². The summed E-state index contributed by atoms with van der Waals surface area (Å²) in [6.45, 7) is 0.317. The van der Waals surface area contributed by atoms with Crippen LogP contribution in [0.25, 0.3) is 16.8 Å². The van der Waals surface area contributed by atoms with Crippen LogP contribution in [0.5, 0.6) is 0 Å². The Hall–Kier alpha value is -3.70. The number of nitrogens with zero attached hydrogens (tertiary/aromatic N) is 2. The first-order chi connectivity index (χ1) is 18.1. The normalized spacial score (nSPS) is 18.0. The Labute approximate surface area is 220 Å². The second-order valence-electron chi connectivity index (χ2n) is 9.29. The third-order valence-corrected chi connectivity index (χ3v) is 7.71. The van der Waals surface area contributed by atoms with Crippen LogP contribution in [-0.2, 0) is 12.6 Å². The molecular weight excluding hydrogens is 518 g/mol. The van der Waals surface area contributed by atoms with Crippen LogP contribution in [0.4, 0.5) is 27.5 Å². The molecule has 2 amide bonds. The SMILES string of the molecule is CN1C(=O)NC2=CC=C(c3sc(NC[C@@H](N)Cc4ccc(C(F)(F)F)cc4)nc3-c3ccccc3F)CC21. The molecule has 1 aromatic heterocycles. The van der Waals surface area contributed by atoms with Gasteiger partial charge in [-0.25, -0.2) is 14.2 Å². The van der Waals surface area contributed by atoms with Crippen LogP contribution < -0.4 is 16.4 Å². The van der Waals surface area contributed by atoms with E-state index in [9.17, 15) is 22.4 Å². The molecule has 1 aliphatic carbocycles. The minimum Gasteiger partial charge on any atom is -0.360 e. The predicted molar refractivity (Wildman–Crippen MR) is 140 cm³/mol. The molecule has 1 unspecified atom stereocenters. The summed E-state index contributed by atoms with van der Waals surface area (Å²) in [5, 5.41) is 6.61. The molecule has 1 saturated heterocycles. The number of urea groups is 1. The third kappa shape index (κ3) is 5.30. The van der Waals surface area contributed by atoms with Gasteiger partial charge in [-0.2, -0.15) is 13.2 Å². The molecule has 2 aliphatic rings. The van der Waals surface area contributed by atoms with Crippen molar-refractivity contribution in [3.05, 3.63) is 88.2 Å². The Morgan fingerprint density at radius 1 is 1.18 bits per heavy atom. The molecule has 1 fully saturated rings. The maximum atomic E-state index is 14.8. The van der Waals surface area contributed by atoms with E-state index < -0.39 is 17.6 Å². The number of alkyl halides is 3. The molecule has 0 radical (unpaired) electrons. The Bertz CT molecular complexity index is 1410. The van der Waals surface area contributed by atoms with Crippen molar-refractivity contribution in [3.63, 3.8) is 0 Å². The molecule has 0 bridgehead atoms. The van der Waals surface area contributed by atoms with E-state index in [-0.39, 0.29) is 18.1 Å². The van der Waals surface area contributed by atoms with Crippen molar-refractivity contribution in [1.29, 1.82) is 0 Å². The molecule has 38 heavy (non-hydrogen) atoms. The number of thiazole rings is 1. The van der Waals surface area contributed by atoms with Gasteiger partial charge < -0.3 is 21.3 Å². The number of halogens is 4. The minimum atomic E-state index is -4.38. The molecule has 198 valence electrons. The van der Waals surface area contributed by atoms with Crippen LogP contribution in [0.2, 0.25) is 0 Å². The molecule has 3 aromatic rings. The highest BCUT2D eigenvalue weighted by Gasteiger charge is 2.35. The number of hydrogen-bond donors (Lipinski definition) is 3. The van der Waals surface area contributed by atoms with E-state index in [0.29, 0.717) is 41.3 Å². The molecule has 11 heteroatoms. The quantitative estimate of drug-likeness (QED) is 0.337. The number of amides is 2. The zero-order valence-corrected chi connectivity index (χ0v) is 21.2. The van der Waals surface area contributed by atoms with Gasteiger partial charge in [-0.15, -0.1) is 0 Å². The van der Waals surface area contributed by atoms with E-state index in [1.54, 1.807) is 30.1 Å². The standard InChI is InChI=1S/C27H25F4N5OS/c1-36-22-13-16(8-11-21(22)34-26(36)37)24-23(19-4-2-3-5-20(19)28)35-25(38-24)33-14-18(32)12-15-6-9-17(10-7-15)27(29,30)31/h2-11,18,22H,12-14,32H2,1H3,(H,33,35)(H,34,37)/t18-,22?/m0/s1. The lowest BCUT2D eigenvalue weighted by Gasteiger charge is -2.22. The zero-order valence-electron chi connectivity index (χ0n) is 20.3. The average molecular weight is 544 g/mol. The van der Waals surface area contributed by atoms with Gasteiger partial charge in [0, 0.05) is 37.3 Å². The molecule has 0 saturated carbocycles. The molecule has 2 atom stereocenters. The Morgan fingerprint density at radius 3 is 2.63 bits per heavy atom. The number of fused-ring (bicyclic) bond motifs is 1. The number of benzene rings is 2. The van der Waals surface area contributed by atoms with Crippen molar-refractivity contribution >= 4 is 28.1 Å². The maximum absolute atomic E-state index is 14.8. The van der Waals surface area contributed by atoms with Crippen molar-refractivity contribution in [2.75, 3.05) is 18.9 Å². The van der Waals surface area contributed by atoms with Gasteiger partial charge in [0.25, 0.3) is 0 Å². The van der Waals surface area contributed by atoms with E-state index >= 15 is 0 Å². The molecule has 2 heterocycles. The van der Waals surface area contributed by atoms with Crippen LogP contribution in [0.15, 0.2) is 66.4 Å². The summed E-state index contributed by atoms with van der Waals surface area (Å²) in [5.74, 6) is -0.396. The number of carbonyl (C=O) groups is 1. The molecular formula is C27H25F4N5OS. The van der Waals surface area contributed by atoms with E-state index in [0.717, 1.165) is 28.3 Å². The van der Waals surface area contributed by atoms with Crippen LogP contribution in [-0.4, -0.2) is 41.6 Å². The Balaban J connectivity index is 1.35. The molecule has 6 nitrogen and oxygen atoms in total. The summed E-state index contributed by atoms with van der Waals surface area (Å²) < 4.78 is 53.2. The van der Waals surface area contributed by atoms with Crippen LogP contribution >= 0.6 is 11.3 Å². The first-order valence-electron chi connectivity index (χ1n) is 12.0. The van der Waals surface area contributed by atoms with E-state index in [4.69, 9.17) is 5.73 Å². The largest absolute Gasteiger partial charge is 0.416 e. The van der Waals surface area contributed by atoms with E-state index in [1.807, 2.05) is 12.2 Å². The second kappa shape index (κ2) is 10.2. The number of carbonyl (C=O) groups excluding carboxylic acids is 1. The summed E-state index contributed by atoms with van der Waals surface area (Å²) in [4.78, 5) is 19.2. The zero-order chi connectivity index (χ0) is 27.0. The fourth-order valence-electron chi connectivity index (χ4n) is 4.55. The molecule has 0 spiro atoms. The third-order valence-electron chi connectivity index (χ3n) is 6.62.